The molecule has 0 aromatic rings. The van der Waals surface area contributed by atoms with Crippen molar-refractivity contribution in [1.82, 2.24) is 0 Å². The van der Waals surface area contributed by atoms with Crippen LogP contribution in [0.3, 0.4) is 0 Å². The number of rotatable bonds is 17. The van der Waals surface area contributed by atoms with E-state index in [2.05, 4.69) is 6.08 Å². The van der Waals surface area contributed by atoms with Gasteiger partial charge in [-0.3, -0.25) is 0 Å². The number of ether oxygens (including phenoxy) is 1. The highest BCUT2D eigenvalue weighted by atomic mass is 16.5. The van der Waals surface area contributed by atoms with Gasteiger partial charge in [0.1, 0.15) is 6.54 Å². The summed E-state index contributed by atoms with van der Waals surface area (Å²) in [5.41, 5.74) is 0. The van der Waals surface area contributed by atoms with Gasteiger partial charge in [0.15, 0.2) is 6.10 Å². The topological polar surface area (TPSA) is 69.6 Å². The van der Waals surface area contributed by atoms with E-state index < -0.39 is 5.97 Å². The normalized spacial score (nSPS) is 13.5. The van der Waals surface area contributed by atoms with Crippen LogP contribution in [-0.2, 0) is 9.53 Å². The van der Waals surface area contributed by atoms with Crippen LogP contribution in [0.15, 0.2) is 24.5 Å². The Morgan fingerprint density at radius 3 is 2.12 bits per heavy atom. The molecule has 5 nitrogen and oxygen atoms in total. The summed E-state index contributed by atoms with van der Waals surface area (Å²) >= 11 is 0. The van der Waals surface area contributed by atoms with Crippen molar-refractivity contribution in [1.29, 1.82) is 0 Å². The zero-order valence-corrected chi connectivity index (χ0v) is 17.0. The van der Waals surface area contributed by atoms with Gasteiger partial charge in [-0.05, 0) is 25.3 Å². The molecule has 152 valence electrons. The Labute approximate surface area is 159 Å². The summed E-state index contributed by atoms with van der Waals surface area (Å²) in [5, 5.41) is 19.5. The molecule has 0 spiro atoms. The van der Waals surface area contributed by atoms with E-state index in [0.29, 0.717) is 17.6 Å². The van der Waals surface area contributed by atoms with Crippen LogP contribution in [-0.4, -0.2) is 56.0 Å². The lowest BCUT2D eigenvalue weighted by atomic mass is 10.1. The third-order valence-corrected chi connectivity index (χ3v) is 4.02. The second-order valence-electron chi connectivity index (χ2n) is 7.90. The molecule has 0 aliphatic rings. The molecule has 0 aliphatic carbocycles. The minimum Gasteiger partial charge on any atom is -0.550 e. The number of allylic oxidation sites excluding steroid dienone is 3. The summed E-state index contributed by atoms with van der Waals surface area (Å²) in [5.74, 6) is -1.08. The molecule has 0 heterocycles. The monoisotopic (exact) mass is 369 g/mol. The molecule has 0 bridgehead atoms. The van der Waals surface area contributed by atoms with Crippen LogP contribution in [0.1, 0.15) is 64.2 Å². The predicted molar refractivity (Wildman–Crippen MR) is 104 cm³/mol. The van der Waals surface area contributed by atoms with Gasteiger partial charge in [-0.15, -0.1) is 0 Å². The minimum atomic E-state index is -1.08. The third-order valence-electron chi connectivity index (χ3n) is 4.02. The molecular formula is C21H39NO4. The second kappa shape index (κ2) is 15.9. The van der Waals surface area contributed by atoms with Crippen LogP contribution in [0.4, 0.5) is 0 Å². The maximum Gasteiger partial charge on any atom is 0.152 e. The summed E-state index contributed by atoms with van der Waals surface area (Å²) < 4.78 is 6.19. The molecule has 5 heteroatoms. The van der Waals surface area contributed by atoms with Crippen molar-refractivity contribution in [3.63, 3.8) is 0 Å². The lowest BCUT2D eigenvalue weighted by Gasteiger charge is -2.28. The van der Waals surface area contributed by atoms with Gasteiger partial charge in [-0.2, -0.15) is 0 Å². The van der Waals surface area contributed by atoms with E-state index in [1.165, 1.54) is 38.5 Å². The van der Waals surface area contributed by atoms with Gasteiger partial charge in [0.05, 0.1) is 27.4 Å². The number of unbranched alkanes of at least 4 members (excludes halogenated alkanes) is 8. The fourth-order valence-electron chi connectivity index (χ4n) is 2.76. The van der Waals surface area contributed by atoms with Crippen LogP contribution in [0.5, 0.6) is 0 Å². The van der Waals surface area contributed by atoms with Crippen LogP contribution in [0.2, 0.25) is 0 Å². The first-order chi connectivity index (χ1) is 12.3. The van der Waals surface area contributed by atoms with Gasteiger partial charge in [0.2, 0.25) is 0 Å². The van der Waals surface area contributed by atoms with Gasteiger partial charge >= 0.3 is 0 Å². The van der Waals surface area contributed by atoms with Crippen LogP contribution >= 0.6 is 0 Å². The van der Waals surface area contributed by atoms with Crippen molar-refractivity contribution in [2.24, 2.45) is 0 Å². The summed E-state index contributed by atoms with van der Waals surface area (Å²) in [4.78, 5) is 10.8. The molecular weight excluding hydrogens is 330 g/mol. The molecule has 26 heavy (non-hydrogen) atoms. The number of carbonyl (C=O) groups excluding carboxylic acids is 1. The van der Waals surface area contributed by atoms with E-state index in [-0.39, 0.29) is 12.5 Å². The third kappa shape index (κ3) is 19.0. The SMILES string of the molecule is C[N+](C)(C)CC(CC(=O)[O-])OC=CC=CCCCCCCCCCCO. The molecule has 0 aromatic heterocycles. The number of aliphatic hydroxyl groups excluding tert-OH is 1. The highest BCUT2D eigenvalue weighted by molar-refractivity contribution is 5.64. The molecule has 1 N–H and O–H groups in total. The van der Waals surface area contributed by atoms with Gasteiger partial charge in [-0.1, -0.05) is 50.7 Å². The lowest BCUT2D eigenvalue weighted by molar-refractivity contribution is -0.873. The van der Waals surface area contributed by atoms with Gasteiger partial charge < -0.3 is 24.2 Å². The summed E-state index contributed by atoms with van der Waals surface area (Å²) in [6, 6.07) is 0. The Morgan fingerprint density at radius 1 is 1.00 bits per heavy atom. The van der Waals surface area contributed by atoms with E-state index in [0.717, 1.165) is 19.3 Å². The number of nitrogens with zero attached hydrogens (tertiary/aromatic N) is 1. The molecule has 0 aliphatic heterocycles. The smallest absolute Gasteiger partial charge is 0.152 e. The lowest BCUT2D eigenvalue weighted by Crippen LogP contribution is -2.44. The zero-order chi connectivity index (χ0) is 19.7. The fourth-order valence-corrected chi connectivity index (χ4v) is 2.76. The molecule has 0 radical (unpaired) electrons. The molecule has 0 rings (SSSR count). The fraction of sp³-hybridized carbons (Fsp3) is 0.762. The van der Waals surface area contributed by atoms with Crippen molar-refractivity contribution in [2.45, 2.75) is 70.3 Å². The number of carboxylic acids is 1. The van der Waals surface area contributed by atoms with Crippen LogP contribution < -0.4 is 5.11 Å². The first-order valence-corrected chi connectivity index (χ1v) is 9.93. The second-order valence-corrected chi connectivity index (χ2v) is 7.90. The van der Waals surface area contributed by atoms with Crippen molar-refractivity contribution in [3.05, 3.63) is 24.5 Å². The Morgan fingerprint density at radius 2 is 1.58 bits per heavy atom. The maximum absolute atomic E-state index is 10.8. The average Bonchev–Trinajstić information content (AvgIpc) is 2.53. The summed E-state index contributed by atoms with van der Waals surface area (Å²) in [6.45, 7) is 0.932. The van der Waals surface area contributed by atoms with Crippen molar-refractivity contribution >= 4 is 5.97 Å². The van der Waals surface area contributed by atoms with Gasteiger partial charge in [0, 0.05) is 19.0 Å². The molecule has 0 aromatic carbocycles. The van der Waals surface area contributed by atoms with E-state index in [9.17, 15) is 9.90 Å². The first-order valence-electron chi connectivity index (χ1n) is 9.93. The number of hydrogen-bond acceptors (Lipinski definition) is 4. The van der Waals surface area contributed by atoms with E-state index >= 15 is 0 Å². The number of hydrogen-bond donors (Lipinski definition) is 1. The number of likely N-dealkylation sites (N-methyl/N-ethyl adjacent to an activating group) is 1. The highest BCUT2D eigenvalue weighted by Gasteiger charge is 2.18. The molecule has 0 fully saturated rings. The number of carbonyl (C=O) groups is 1. The summed E-state index contributed by atoms with van der Waals surface area (Å²) in [6.07, 6.45) is 17.7. The number of carboxylic acid groups (broad SMARTS) is 1. The Bertz CT molecular complexity index is 399. The van der Waals surface area contributed by atoms with Crippen LogP contribution in [0, 0.1) is 0 Å². The van der Waals surface area contributed by atoms with Gasteiger partial charge in [-0.25, -0.2) is 0 Å². The molecule has 0 saturated heterocycles. The van der Waals surface area contributed by atoms with E-state index in [1.807, 2.05) is 33.3 Å². The van der Waals surface area contributed by atoms with Crippen LogP contribution in [0.25, 0.3) is 0 Å². The minimum absolute atomic E-state index is 0.0937. The van der Waals surface area contributed by atoms with Crippen molar-refractivity contribution in [2.75, 3.05) is 34.3 Å². The van der Waals surface area contributed by atoms with E-state index in [1.54, 1.807) is 6.26 Å². The Balaban J connectivity index is 3.73. The Kier molecular flexibility index (Phi) is 15.1. The number of aliphatic carboxylic acids is 1. The number of quaternary nitrogens is 1. The molecule has 0 amide bonds. The number of aliphatic hydroxyl groups is 1. The predicted octanol–water partition coefficient (Wildman–Crippen LogP) is 2.79. The molecule has 0 saturated carbocycles. The van der Waals surface area contributed by atoms with Crippen molar-refractivity contribution < 1.29 is 24.2 Å². The average molecular weight is 370 g/mol. The highest BCUT2D eigenvalue weighted by Crippen LogP contribution is 2.10. The van der Waals surface area contributed by atoms with Gasteiger partial charge in [0.25, 0.3) is 0 Å². The zero-order valence-electron chi connectivity index (χ0n) is 17.0. The van der Waals surface area contributed by atoms with Crippen molar-refractivity contribution in [3.8, 4) is 0 Å². The maximum atomic E-state index is 10.8. The Hall–Kier alpha value is -1.33. The summed E-state index contributed by atoms with van der Waals surface area (Å²) in [7, 11) is 6.01. The first kappa shape index (κ1) is 24.7. The largest absolute Gasteiger partial charge is 0.550 e. The quantitative estimate of drug-likeness (QED) is 0.185. The molecule has 1 atom stereocenters. The van der Waals surface area contributed by atoms with E-state index in [4.69, 9.17) is 9.84 Å². The standard InChI is InChI=1S/C21H39NO4/c1-22(2,3)19-20(18-21(24)25)26-17-15-13-11-9-7-5-4-6-8-10-12-14-16-23/h11,13,15,17,20,23H,4-10,12,14,16,18-19H2,1-3H3. The molecule has 1 unspecified atom stereocenters.